The Hall–Kier alpha value is 0.690. The minimum Gasteiger partial charge on any atom is -0.393 e. The number of rotatable bonds is 2. The summed E-state index contributed by atoms with van der Waals surface area (Å²) >= 11 is 2.52. The van der Waals surface area contributed by atoms with E-state index in [2.05, 4.69) is 36.4 Å². The largest absolute Gasteiger partial charge is 0.393 e. The third-order valence-electron chi connectivity index (χ3n) is 5.09. The van der Waals surface area contributed by atoms with E-state index in [4.69, 9.17) is 0 Å². The van der Waals surface area contributed by atoms with E-state index < -0.39 is 0 Å². The van der Waals surface area contributed by atoms with Crippen molar-refractivity contribution >= 4 is 22.6 Å². The summed E-state index contributed by atoms with van der Waals surface area (Å²) in [4.78, 5) is 0. The van der Waals surface area contributed by atoms with Crippen LogP contribution >= 0.6 is 22.6 Å². The van der Waals surface area contributed by atoms with Gasteiger partial charge in [0.1, 0.15) is 0 Å². The second kappa shape index (κ2) is 4.52. The fraction of sp³-hybridized carbons (Fsp3) is 1.00. The van der Waals surface area contributed by atoms with Crippen LogP contribution in [-0.4, -0.2) is 15.6 Å². The molecular formula is C13H23IO. The molecule has 15 heavy (non-hydrogen) atoms. The molecule has 0 aliphatic heterocycles. The molecule has 1 N–H and O–H groups in total. The molecular weight excluding hydrogens is 299 g/mol. The second-order valence-electron chi connectivity index (χ2n) is 5.89. The maximum absolute atomic E-state index is 10.1. The van der Waals surface area contributed by atoms with Crippen LogP contribution in [0.4, 0.5) is 0 Å². The number of fused-ring (bicyclic) bond motifs is 1. The molecule has 2 fully saturated rings. The van der Waals surface area contributed by atoms with E-state index in [9.17, 15) is 5.11 Å². The number of alkyl halides is 1. The molecule has 1 nitrogen and oxygen atoms in total. The van der Waals surface area contributed by atoms with Crippen LogP contribution in [0.1, 0.15) is 46.0 Å². The average Bonchev–Trinajstić information content (AvgIpc) is 2.56. The van der Waals surface area contributed by atoms with Crippen molar-refractivity contribution in [3.05, 3.63) is 0 Å². The topological polar surface area (TPSA) is 20.2 Å². The highest BCUT2D eigenvalue weighted by molar-refractivity contribution is 14.1. The van der Waals surface area contributed by atoms with Gasteiger partial charge in [-0.25, -0.2) is 0 Å². The van der Waals surface area contributed by atoms with Gasteiger partial charge in [-0.05, 0) is 48.9 Å². The van der Waals surface area contributed by atoms with Gasteiger partial charge in [-0.3, -0.25) is 0 Å². The molecule has 5 atom stereocenters. The summed E-state index contributed by atoms with van der Waals surface area (Å²) in [6.45, 7) is 4.84. The zero-order valence-corrected chi connectivity index (χ0v) is 12.0. The zero-order chi connectivity index (χ0) is 11.1. The summed E-state index contributed by atoms with van der Waals surface area (Å²) in [5, 5.41) is 10.1. The highest BCUT2D eigenvalue weighted by Gasteiger charge is 2.51. The van der Waals surface area contributed by atoms with E-state index in [0.29, 0.717) is 11.3 Å². The summed E-state index contributed by atoms with van der Waals surface area (Å²) in [7, 11) is 0. The molecule has 0 heterocycles. The number of aliphatic hydroxyl groups excluding tert-OH is 1. The van der Waals surface area contributed by atoms with Crippen molar-refractivity contribution in [2.24, 2.45) is 23.2 Å². The Labute approximate surface area is 107 Å². The molecule has 1 unspecified atom stereocenters. The minimum atomic E-state index is -0.00448. The van der Waals surface area contributed by atoms with Crippen molar-refractivity contribution in [1.29, 1.82) is 0 Å². The fourth-order valence-electron chi connectivity index (χ4n) is 4.23. The molecule has 0 bridgehead atoms. The predicted octanol–water partition coefficient (Wildman–Crippen LogP) is 3.63. The van der Waals surface area contributed by atoms with Crippen LogP contribution in [0, 0.1) is 23.2 Å². The fourth-order valence-corrected chi connectivity index (χ4v) is 4.85. The summed E-state index contributed by atoms with van der Waals surface area (Å²) < 4.78 is 1.26. The smallest absolute Gasteiger partial charge is 0.0573 e. The van der Waals surface area contributed by atoms with Gasteiger partial charge in [-0.15, -0.1) is 0 Å². The van der Waals surface area contributed by atoms with Crippen LogP contribution in [0.2, 0.25) is 0 Å². The minimum absolute atomic E-state index is 0.00448. The first-order valence-electron chi connectivity index (χ1n) is 6.33. The van der Waals surface area contributed by atoms with Crippen molar-refractivity contribution < 1.29 is 5.11 Å². The lowest BCUT2D eigenvalue weighted by molar-refractivity contribution is -0.0247. The van der Waals surface area contributed by atoms with E-state index in [0.717, 1.165) is 18.3 Å². The van der Waals surface area contributed by atoms with Crippen molar-refractivity contribution in [2.75, 3.05) is 4.43 Å². The first-order chi connectivity index (χ1) is 7.09. The van der Waals surface area contributed by atoms with Crippen LogP contribution in [0.15, 0.2) is 0 Å². The van der Waals surface area contributed by atoms with Gasteiger partial charge in [0.2, 0.25) is 0 Å². The maximum Gasteiger partial charge on any atom is 0.0573 e. The Morgan fingerprint density at radius 1 is 1.40 bits per heavy atom. The number of hydrogen-bond acceptors (Lipinski definition) is 1. The van der Waals surface area contributed by atoms with Crippen LogP contribution < -0.4 is 0 Å². The number of aliphatic hydroxyl groups is 1. The van der Waals surface area contributed by atoms with Gasteiger partial charge in [-0.1, -0.05) is 42.9 Å². The SMILES string of the molecule is C[C@H](CI)C1CC[C@H]2[C@@H](O)CCC[C@]12C. The van der Waals surface area contributed by atoms with Gasteiger partial charge in [0.25, 0.3) is 0 Å². The van der Waals surface area contributed by atoms with E-state index in [1.807, 2.05) is 0 Å². The quantitative estimate of drug-likeness (QED) is 0.608. The number of halogens is 1. The first kappa shape index (κ1) is 12.2. The average molecular weight is 322 g/mol. The highest BCUT2D eigenvalue weighted by atomic mass is 127. The van der Waals surface area contributed by atoms with Crippen LogP contribution in [0.3, 0.4) is 0 Å². The predicted molar refractivity (Wildman–Crippen MR) is 72.2 cm³/mol. The van der Waals surface area contributed by atoms with E-state index >= 15 is 0 Å². The van der Waals surface area contributed by atoms with E-state index in [-0.39, 0.29) is 6.10 Å². The molecule has 2 aliphatic rings. The molecule has 2 rings (SSSR count). The molecule has 2 heteroatoms. The molecule has 88 valence electrons. The third kappa shape index (κ3) is 1.97. The molecule has 0 aromatic carbocycles. The standard InChI is InChI=1S/C13H23IO/c1-9(8-14)10-5-6-11-12(15)4-3-7-13(10,11)2/h9-12,15H,3-8H2,1-2H3/t9-,10?,11+,12+,13-/m1/s1. The molecule has 0 radical (unpaired) electrons. The summed E-state index contributed by atoms with van der Waals surface area (Å²) in [6.07, 6.45) is 6.24. The maximum atomic E-state index is 10.1. The van der Waals surface area contributed by atoms with Crippen molar-refractivity contribution in [3.8, 4) is 0 Å². The molecule has 0 aromatic rings. The monoisotopic (exact) mass is 322 g/mol. The highest BCUT2D eigenvalue weighted by Crippen LogP contribution is 2.57. The Bertz CT molecular complexity index is 231. The lowest BCUT2D eigenvalue weighted by atomic mass is 9.62. The molecule has 0 saturated heterocycles. The van der Waals surface area contributed by atoms with E-state index in [1.54, 1.807) is 0 Å². The summed E-state index contributed by atoms with van der Waals surface area (Å²) in [5.74, 6) is 2.28. The molecule has 2 saturated carbocycles. The van der Waals surface area contributed by atoms with Gasteiger partial charge in [0.05, 0.1) is 6.10 Å². The number of hydrogen-bond donors (Lipinski definition) is 1. The van der Waals surface area contributed by atoms with Gasteiger partial charge < -0.3 is 5.11 Å². The third-order valence-corrected chi connectivity index (χ3v) is 6.48. The van der Waals surface area contributed by atoms with Crippen molar-refractivity contribution in [3.63, 3.8) is 0 Å². The molecule has 2 aliphatic carbocycles. The Balaban J connectivity index is 2.17. The zero-order valence-electron chi connectivity index (χ0n) is 9.88. The molecule has 0 spiro atoms. The molecule has 0 aromatic heterocycles. The van der Waals surface area contributed by atoms with Gasteiger partial charge in [-0.2, -0.15) is 0 Å². The normalized spacial score (nSPS) is 47.6. The van der Waals surface area contributed by atoms with Crippen molar-refractivity contribution in [1.82, 2.24) is 0 Å². The Morgan fingerprint density at radius 3 is 2.80 bits per heavy atom. The van der Waals surface area contributed by atoms with Gasteiger partial charge >= 0.3 is 0 Å². The van der Waals surface area contributed by atoms with Gasteiger partial charge in [0.15, 0.2) is 0 Å². The van der Waals surface area contributed by atoms with Crippen LogP contribution in [-0.2, 0) is 0 Å². The molecule has 0 amide bonds. The second-order valence-corrected chi connectivity index (χ2v) is 6.77. The lowest BCUT2D eigenvalue weighted by Gasteiger charge is -2.45. The van der Waals surface area contributed by atoms with Crippen LogP contribution in [0.5, 0.6) is 0 Å². The van der Waals surface area contributed by atoms with Gasteiger partial charge in [0, 0.05) is 4.43 Å². The lowest BCUT2D eigenvalue weighted by Crippen LogP contribution is -2.41. The Kier molecular flexibility index (Phi) is 3.66. The Morgan fingerprint density at radius 2 is 2.13 bits per heavy atom. The summed E-state index contributed by atoms with van der Waals surface area (Å²) in [6, 6.07) is 0. The van der Waals surface area contributed by atoms with E-state index in [1.165, 1.54) is 30.1 Å². The van der Waals surface area contributed by atoms with Crippen LogP contribution in [0.25, 0.3) is 0 Å². The summed E-state index contributed by atoms with van der Waals surface area (Å²) in [5.41, 5.74) is 0.447. The first-order valence-corrected chi connectivity index (χ1v) is 7.86. The van der Waals surface area contributed by atoms with Crippen molar-refractivity contribution in [2.45, 2.75) is 52.1 Å².